The van der Waals surface area contributed by atoms with Gasteiger partial charge in [0.05, 0.1) is 11.7 Å². The lowest BCUT2D eigenvalue weighted by atomic mass is 9.97. The molecule has 96 valence electrons. The molecular weight excluding hydrogens is 238 g/mol. The van der Waals surface area contributed by atoms with E-state index in [4.69, 9.17) is 0 Å². The molecule has 0 bridgehead atoms. The molecule has 0 amide bonds. The highest BCUT2D eigenvalue weighted by atomic mass is 16.1. The van der Waals surface area contributed by atoms with Crippen molar-refractivity contribution in [3.63, 3.8) is 0 Å². The van der Waals surface area contributed by atoms with E-state index in [9.17, 15) is 9.59 Å². The van der Waals surface area contributed by atoms with E-state index in [1.54, 1.807) is 22.9 Å². The molecule has 1 heterocycles. The van der Waals surface area contributed by atoms with Crippen LogP contribution < -0.4 is 0 Å². The van der Waals surface area contributed by atoms with Gasteiger partial charge >= 0.3 is 0 Å². The first kappa shape index (κ1) is 13.0. The number of benzene rings is 1. The molecule has 1 atom stereocenters. The molecule has 0 aliphatic rings. The number of hydrogen-bond donors (Lipinski definition) is 0. The predicted octanol–water partition coefficient (Wildman–Crippen LogP) is 3.04. The average Bonchev–Trinajstić information content (AvgIpc) is 2.88. The van der Waals surface area contributed by atoms with E-state index in [1.807, 2.05) is 30.3 Å². The number of aromatic nitrogens is 1. The van der Waals surface area contributed by atoms with Crippen LogP contribution in [0.15, 0.2) is 60.8 Å². The van der Waals surface area contributed by atoms with Gasteiger partial charge in [-0.15, -0.1) is 0 Å². The van der Waals surface area contributed by atoms with Gasteiger partial charge in [-0.25, -0.2) is 0 Å². The molecular formula is C16H15NO2. The highest BCUT2D eigenvalue weighted by Gasteiger charge is 2.21. The summed E-state index contributed by atoms with van der Waals surface area (Å²) in [5.41, 5.74) is 1.92. The van der Waals surface area contributed by atoms with Crippen molar-refractivity contribution in [2.24, 2.45) is 0 Å². The van der Waals surface area contributed by atoms with Crippen LogP contribution in [0, 0.1) is 0 Å². The Labute approximate surface area is 112 Å². The molecule has 0 saturated carbocycles. The van der Waals surface area contributed by atoms with Crippen LogP contribution in [-0.2, 0) is 4.79 Å². The molecule has 0 aliphatic carbocycles. The summed E-state index contributed by atoms with van der Waals surface area (Å²) in [6.45, 7) is 5.36. The number of nitrogens with zero attached hydrogens (tertiary/aromatic N) is 1. The van der Waals surface area contributed by atoms with Gasteiger partial charge in [-0.2, -0.15) is 0 Å². The van der Waals surface area contributed by atoms with Gasteiger partial charge in [0.25, 0.3) is 0 Å². The van der Waals surface area contributed by atoms with Crippen LogP contribution in [0.25, 0.3) is 0 Å². The minimum atomic E-state index is -0.339. The molecule has 2 aromatic rings. The lowest BCUT2D eigenvalue weighted by Crippen LogP contribution is -2.18. The Morgan fingerprint density at radius 2 is 1.89 bits per heavy atom. The monoisotopic (exact) mass is 253 g/mol. The number of allylic oxidation sites excluding steroid dienone is 1. The van der Waals surface area contributed by atoms with E-state index >= 15 is 0 Å². The first-order valence-corrected chi connectivity index (χ1v) is 6.02. The maximum Gasteiger partial charge on any atom is 0.166 e. The second kappa shape index (κ2) is 5.48. The van der Waals surface area contributed by atoms with E-state index in [-0.39, 0.29) is 11.8 Å². The van der Waals surface area contributed by atoms with Crippen molar-refractivity contribution in [2.45, 2.75) is 13.0 Å². The fourth-order valence-electron chi connectivity index (χ4n) is 2.10. The van der Waals surface area contributed by atoms with Crippen LogP contribution >= 0.6 is 0 Å². The molecule has 3 nitrogen and oxygen atoms in total. The Morgan fingerprint density at radius 1 is 1.21 bits per heavy atom. The molecule has 0 fully saturated rings. The summed E-state index contributed by atoms with van der Waals surface area (Å²) < 4.78 is 1.77. The Bertz CT molecular complexity index is 611. The van der Waals surface area contributed by atoms with Gasteiger partial charge in [-0.3, -0.25) is 9.59 Å². The molecule has 0 saturated heterocycles. The van der Waals surface area contributed by atoms with Crippen molar-refractivity contribution >= 4 is 12.1 Å². The Hall–Kier alpha value is -2.42. The van der Waals surface area contributed by atoms with Crippen LogP contribution in [0.5, 0.6) is 0 Å². The summed E-state index contributed by atoms with van der Waals surface area (Å²) >= 11 is 0. The predicted molar refractivity (Wildman–Crippen MR) is 74.2 cm³/mol. The van der Waals surface area contributed by atoms with Crippen molar-refractivity contribution in [2.75, 3.05) is 0 Å². The van der Waals surface area contributed by atoms with Crippen molar-refractivity contribution in [3.05, 3.63) is 72.1 Å². The largest absolute Gasteiger partial charge is 0.334 e. The van der Waals surface area contributed by atoms with Gasteiger partial charge in [0.2, 0.25) is 0 Å². The van der Waals surface area contributed by atoms with Crippen LogP contribution in [0.2, 0.25) is 0 Å². The Kier molecular flexibility index (Phi) is 3.76. The number of ketones is 1. The third-order valence-corrected chi connectivity index (χ3v) is 3.11. The second-order valence-electron chi connectivity index (χ2n) is 4.35. The first-order valence-electron chi connectivity index (χ1n) is 6.02. The molecule has 1 aromatic carbocycles. The fraction of sp³-hybridized carbons (Fsp3) is 0.125. The highest BCUT2D eigenvalue weighted by Crippen LogP contribution is 2.27. The zero-order valence-electron chi connectivity index (χ0n) is 10.7. The summed E-state index contributed by atoms with van der Waals surface area (Å²) in [6, 6.07) is 12.7. The quantitative estimate of drug-likeness (QED) is 0.607. The minimum absolute atomic E-state index is 0.0839. The molecule has 19 heavy (non-hydrogen) atoms. The lowest BCUT2D eigenvalue weighted by Gasteiger charge is -2.21. The topological polar surface area (TPSA) is 39.1 Å². The molecule has 0 spiro atoms. The highest BCUT2D eigenvalue weighted by molar-refractivity contribution is 5.94. The smallest absolute Gasteiger partial charge is 0.166 e. The van der Waals surface area contributed by atoms with Gasteiger partial charge in [0, 0.05) is 11.8 Å². The van der Waals surface area contributed by atoms with Crippen molar-refractivity contribution in [1.82, 2.24) is 4.57 Å². The third kappa shape index (κ3) is 2.55. The maximum absolute atomic E-state index is 11.7. The van der Waals surface area contributed by atoms with Crippen molar-refractivity contribution in [1.29, 1.82) is 0 Å². The molecule has 1 aromatic heterocycles. The zero-order valence-corrected chi connectivity index (χ0v) is 10.7. The van der Waals surface area contributed by atoms with Gasteiger partial charge in [0.15, 0.2) is 12.1 Å². The summed E-state index contributed by atoms with van der Waals surface area (Å²) in [6.07, 6.45) is 2.57. The molecule has 0 N–H and O–H groups in total. The van der Waals surface area contributed by atoms with Crippen LogP contribution in [-0.4, -0.2) is 16.6 Å². The van der Waals surface area contributed by atoms with Crippen molar-refractivity contribution < 1.29 is 9.59 Å². The molecule has 1 unspecified atom stereocenters. The number of aldehydes is 1. The minimum Gasteiger partial charge on any atom is -0.334 e. The molecule has 0 radical (unpaired) electrons. The van der Waals surface area contributed by atoms with Crippen LogP contribution in [0.3, 0.4) is 0 Å². The molecule has 0 aliphatic heterocycles. The SMILES string of the molecule is C=C(C(C)=O)C(c1ccccc1)n1cccc1C=O. The number of carbonyl (C=O) groups is 2. The standard InChI is InChI=1S/C16H15NO2/c1-12(13(2)19)16(14-7-4-3-5-8-14)17-10-6-9-15(17)11-18/h3-11,16H,1H2,2H3. The zero-order chi connectivity index (χ0) is 13.8. The second-order valence-corrected chi connectivity index (χ2v) is 4.35. The van der Waals surface area contributed by atoms with Crippen LogP contribution in [0.1, 0.15) is 29.0 Å². The van der Waals surface area contributed by atoms with E-state index in [0.29, 0.717) is 11.3 Å². The van der Waals surface area contributed by atoms with E-state index in [0.717, 1.165) is 11.8 Å². The van der Waals surface area contributed by atoms with E-state index in [1.165, 1.54) is 6.92 Å². The van der Waals surface area contributed by atoms with Gasteiger partial charge < -0.3 is 4.57 Å². The first-order chi connectivity index (χ1) is 9.15. The number of carbonyl (C=O) groups excluding carboxylic acids is 2. The van der Waals surface area contributed by atoms with Gasteiger partial charge in [-0.05, 0) is 24.6 Å². The molecule has 2 rings (SSSR count). The summed E-state index contributed by atoms with van der Waals surface area (Å²) in [4.78, 5) is 22.7. The normalized spacial score (nSPS) is 11.8. The number of hydrogen-bond acceptors (Lipinski definition) is 2. The average molecular weight is 253 g/mol. The third-order valence-electron chi connectivity index (χ3n) is 3.11. The number of rotatable bonds is 5. The van der Waals surface area contributed by atoms with Crippen LogP contribution in [0.4, 0.5) is 0 Å². The summed E-state index contributed by atoms with van der Waals surface area (Å²) in [5, 5.41) is 0. The summed E-state index contributed by atoms with van der Waals surface area (Å²) in [7, 11) is 0. The summed E-state index contributed by atoms with van der Waals surface area (Å²) in [5.74, 6) is -0.0839. The number of Topliss-reactive ketones (excluding diaryl/α,β-unsaturated/α-hetero) is 1. The van der Waals surface area contributed by atoms with Gasteiger partial charge in [0.1, 0.15) is 0 Å². The Morgan fingerprint density at radius 3 is 2.47 bits per heavy atom. The molecule has 3 heteroatoms. The Balaban J connectivity index is 2.55. The maximum atomic E-state index is 11.7. The lowest BCUT2D eigenvalue weighted by molar-refractivity contribution is -0.113. The van der Waals surface area contributed by atoms with Gasteiger partial charge in [-0.1, -0.05) is 36.9 Å². The van der Waals surface area contributed by atoms with E-state index < -0.39 is 0 Å². The fourth-order valence-corrected chi connectivity index (χ4v) is 2.10. The van der Waals surface area contributed by atoms with Crippen molar-refractivity contribution in [3.8, 4) is 0 Å². The van der Waals surface area contributed by atoms with E-state index in [2.05, 4.69) is 6.58 Å².